The van der Waals surface area contributed by atoms with Crippen molar-refractivity contribution in [2.24, 2.45) is 0 Å². The van der Waals surface area contributed by atoms with Gasteiger partial charge in [0, 0.05) is 18.1 Å². The van der Waals surface area contributed by atoms with E-state index >= 15 is 0 Å². The van der Waals surface area contributed by atoms with E-state index in [-0.39, 0.29) is 5.82 Å². The number of anilines is 1. The number of nitrogens with one attached hydrogen (secondary N) is 1. The molecule has 0 radical (unpaired) electrons. The highest BCUT2D eigenvalue weighted by molar-refractivity contribution is 5.70. The van der Waals surface area contributed by atoms with Crippen molar-refractivity contribution >= 4 is 5.69 Å². The van der Waals surface area contributed by atoms with Gasteiger partial charge in [0.25, 0.3) is 0 Å². The molecule has 0 spiro atoms. The van der Waals surface area contributed by atoms with Crippen LogP contribution in [-0.2, 0) is 6.18 Å². The molecule has 2 aromatic heterocycles. The third kappa shape index (κ3) is 1.83. The van der Waals surface area contributed by atoms with Gasteiger partial charge in [-0.1, -0.05) is 0 Å². The maximum absolute atomic E-state index is 12.3. The van der Waals surface area contributed by atoms with Gasteiger partial charge in [-0.25, -0.2) is 4.98 Å². The molecule has 2 heterocycles. The van der Waals surface area contributed by atoms with Crippen molar-refractivity contribution in [3.05, 3.63) is 30.4 Å². The first-order valence-corrected chi connectivity index (χ1v) is 4.30. The number of H-pyrrole nitrogens is 1. The quantitative estimate of drug-likeness (QED) is 0.785. The number of pyridine rings is 1. The molecule has 0 aliphatic rings. The van der Waals surface area contributed by atoms with E-state index in [0.29, 0.717) is 11.3 Å². The lowest BCUT2D eigenvalue weighted by Gasteiger charge is -2.02. The Hall–Kier alpha value is -2.05. The maximum Gasteiger partial charge on any atom is 0.432 e. The van der Waals surface area contributed by atoms with Crippen LogP contribution in [0.15, 0.2) is 24.7 Å². The van der Waals surface area contributed by atoms with Crippen LogP contribution in [0.3, 0.4) is 0 Å². The number of aromatic nitrogens is 3. The normalized spacial score (nSPS) is 11.7. The van der Waals surface area contributed by atoms with Crippen molar-refractivity contribution in [1.82, 2.24) is 15.0 Å². The number of halogens is 3. The molecule has 0 fully saturated rings. The summed E-state index contributed by atoms with van der Waals surface area (Å²) in [5, 5.41) is 0. The largest absolute Gasteiger partial charge is 0.432 e. The van der Waals surface area contributed by atoms with Crippen molar-refractivity contribution in [2.75, 3.05) is 5.73 Å². The van der Waals surface area contributed by atoms with E-state index in [0.717, 1.165) is 6.20 Å². The van der Waals surface area contributed by atoms with Crippen LogP contribution in [0.4, 0.5) is 18.9 Å². The Morgan fingerprint density at radius 3 is 2.56 bits per heavy atom. The van der Waals surface area contributed by atoms with Crippen LogP contribution >= 0.6 is 0 Å². The molecule has 7 heteroatoms. The lowest BCUT2D eigenvalue weighted by atomic mass is 10.2. The molecule has 4 nitrogen and oxygen atoms in total. The molecule has 0 bridgehead atoms. The number of nitrogens with zero attached hydrogens (tertiary/aromatic N) is 2. The summed E-state index contributed by atoms with van der Waals surface area (Å²) in [6, 6.07) is 1.49. The van der Waals surface area contributed by atoms with E-state index in [1.54, 1.807) is 0 Å². The Morgan fingerprint density at radius 2 is 2.00 bits per heavy atom. The average Bonchev–Trinajstić information content (AvgIpc) is 2.66. The summed E-state index contributed by atoms with van der Waals surface area (Å²) in [6.07, 6.45) is -0.912. The van der Waals surface area contributed by atoms with Gasteiger partial charge in [0.2, 0.25) is 0 Å². The first-order valence-electron chi connectivity index (χ1n) is 4.30. The number of hydrogen-bond acceptors (Lipinski definition) is 3. The zero-order chi connectivity index (χ0) is 11.8. The van der Waals surface area contributed by atoms with Gasteiger partial charge in [0.1, 0.15) is 11.5 Å². The van der Waals surface area contributed by atoms with Crippen molar-refractivity contribution in [3.63, 3.8) is 0 Å². The van der Waals surface area contributed by atoms with Crippen LogP contribution in [0.25, 0.3) is 11.4 Å². The Morgan fingerprint density at radius 1 is 1.25 bits per heavy atom. The summed E-state index contributed by atoms with van der Waals surface area (Å²) < 4.78 is 36.9. The van der Waals surface area contributed by atoms with Gasteiger partial charge in [-0.2, -0.15) is 13.2 Å². The van der Waals surface area contributed by atoms with E-state index in [1.165, 1.54) is 18.5 Å². The zero-order valence-corrected chi connectivity index (χ0v) is 7.92. The second-order valence-corrected chi connectivity index (χ2v) is 3.11. The molecule has 0 atom stereocenters. The molecule has 3 N–H and O–H groups in total. The molecule has 0 unspecified atom stereocenters. The number of alkyl halides is 3. The van der Waals surface area contributed by atoms with E-state index in [2.05, 4.69) is 15.0 Å². The van der Waals surface area contributed by atoms with Crippen LogP contribution in [0.1, 0.15) is 5.69 Å². The number of rotatable bonds is 1. The first-order chi connectivity index (χ1) is 7.48. The second-order valence-electron chi connectivity index (χ2n) is 3.11. The smallest absolute Gasteiger partial charge is 0.398 e. The van der Waals surface area contributed by atoms with Crippen LogP contribution in [0.2, 0.25) is 0 Å². The summed E-state index contributed by atoms with van der Waals surface area (Å²) in [7, 11) is 0. The van der Waals surface area contributed by atoms with Crippen molar-refractivity contribution in [3.8, 4) is 11.4 Å². The number of imidazole rings is 1. The summed E-state index contributed by atoms with van der Waals surface area (Å²) in [4.78, 5) is 9.54. The molecular formula is C9H7F3N4. The van der Waals surface area contributed by atoms with Gasteiger partial charge >= 0.3 is 6.18 Å². The van der Waals surface area contributed by atoms with Gasteiger partial charge in [-0.05, 0) is 6.07 Å². The number of nitrogens with two attached hydrogens (primary N) is 1. The Balaban J connectivity index is 2.44. The highest BCUT2D eigenvalue weighted by Crippen LogP contribution is 2.30. The monoisotopic (exact) mass is 228 g/mol. The lowest BCUT2D eigenvalue weighted by molar-refractivity contribution is -0.140. The standard InChI is InChI=1S/C9H7F3N4/c10-9(11,12)7-4-15-8(16-7)5-3-14-2-1-6(5)13/h1-4H,(H2,13,14)(H,15,16). The van der Waals surface area contributed by atoms with E-state index < -0.39 is 11.9 Å². The summed E-state index contributed by atoms with van der Waals surface area (Å²) in [6.45, 7) is 0. The topological polar surface area (TPSA) is 67.6 Å². The Kier molecular flexibility index (Phi) is 2.30. The third-order valence-electron chi connectivity index (χ3n) is 1.99. The molecule has 0 aliphatic carbocycles. The Bertz CT molecular complexity index is 503. The number of nitrogen functional groups attached to an aromatic ring is 1. The Labute approximate surface area is 88.3 Å². The number of hydrogen-bond donors (Lipinski definition) is 2. The summed E-state index contributed by atoms with van der Waals surface area (Å²) in [5.74, 6) is 0.0536. The van der Waals surface area contributed by atoms with Crippen LogP contribution < -0.4 is 5.73 Å². The van der Waals surface area contributed by atoms with Crippen LogP contribution in [-0.4, -0.2) is 15.0 Å². The lowest BCUT2D eigenvalue weighted by Crippen LogP contribution is -2.05. The average molecular weight is 228 g/mol. The summed E-state index contributed by atoms with van der Waals surface area (Å²) >= 11 is 0. The maximum atomic E-state index is 12.3. The third-order valence-corrected chi connectivity index (χ3v) is 1.99. The predicted octanol–water partition coefficient (Wildman–Crippen LogP) is 2.07. The van der Waals surface area contributed by atoms with Gasteiger partial charge in [0.15, 0.2) is 0 Å². The molecule has 0 amide bonds. The van der Waals surface area contributed by atoms with Crippen molar-refractivity contribution in [2.45, 2.75) is 6.18 Å². The van der Waals surface area contributed by atoms with Gasteiger partial charge < -0.3 is 10.7 Å². The molecule has 84 valence electrons. The van der Waals surface area contributed by atoms with Crippen LogP contribution in [0.5, 0.6) is 0 Å². The van der Waals surface area contributed by atoms with Crippen molar-refractivity contribution in [1.29, 1.82) is 0 Å². The molecule has 2 rings (SSSR count). The molecule has 0 saturated carbocycles. The zero-order valence-electron chi connectivity index (χ0n) is 7.92. The molecule has 0 aromatic carbocycles. The fourth-order valence-electron chi connectivity index (χ4n) is 1.21. The molecule has 0 saturated heterocycles. The van der Waals surface area contributed by atoms with Gasteiger partial charge in [-0.15, -0.1) is 0 Å². The molecule has 2 aromatic rings. The minimum atomic E-state index is -4.44. The van der Waals surface area contributed by atoms with E-state index in [4.69, 9.17) is 5.73 Å². The molecular weight excluding hydrogens is 221 g/mol. The predicted molar refractivity (Wildman–Crippen MR) is 51.2 cm³/mol. The minimum absolute atomic E-state index is 0.0536. The second kappa shape index (κ2) is 3.51. The first kappa shape index (κ1) is 10.5. The van der Waals surface area contributed by atoms with E-state index in [1.807, 2.05) is 0 Å². The van der Waals surface area contributed by atoms with Crippen LogP contribution in [0, 0.1) is 0 Å². The number of aromatic amines is 1. The van der Waals surface area contributed by atoms with Gasteiger partial charge in [-0.3, -0.25) is 4.98 Å². The fraction of sp³-hybridized carbons (Fsp3) is 0.111. The minimum Gasteiger partial charge on any atom is -0.398 e. The summed E-state index contributed by atoms with van der Waals surface area (Å²) in [5.41, 5.74) is 5.34. The SMILES string of the molecule is Nc1ccncc1-c1ncc(C(F)(F)F)[nH]1. The highest BCUT2D eigenvalue weighted by Gasteiger charge is 2.33. The fourth-order valence-corrected chi connectivity index (χ4v) is 1.21. The van der Waals surface area contributed by atoms with Crippen molar-refractivity contribution < 1.29 is 13.2 Å². The van der Waals surface area contributed by atoms with Gasteiger partial charge in [0.05, 0.1) is 11.8 Å². The molecule has 0 aliphatic heterocycles. The highest BCUT2D eigenvalue weighted by atomic mass is 19.4. The van der Waals surface area contributed by atoms with E-state index in [9.17, 15) is 13.2 Å². The molecule has 16 heavy (non-hydrogen) atoms.